The Bertz CT molecular complexity index is 693. The van der Waals surface area contributed by atoms with E-state index in [2.05, 4.69) is 25.4 Å². The van der Waals surface area contributed by atoms with Gasteiger partial charge in [-0.1, -0.05) is 0 Å². The molecule has 98 valence electrons. The van der Waals surface area contributed by atoms with Crippen molar-refractivity contribution in [1.82, 2.24) is 24.7 Å². The van der Waals surface area contributed by atoms with E-state index in [0.717, 1.165) is 0 Å². The summed E-state index contributed by atoms with van der Waals surface area (Å²) in [7, 11) is 0. The first kappa shape index (κ1) is 12.0. The van der Waals surface area contributed by atoms with Crippen molar-refractivity contribution in [3.05, 3.63) is 60.9 Å². The summed E-state index contributed by atoms with van der Waals surface area (Å²) in [4.78, 5) is 24.0. The van der Waals surface area contributed by atoms with Crippen molar-refractivity contribution < 1.29 is 4.79 Å². The number of carbonyl (C=O) groups is 1. The third kappa shape index (κ3) is 2.51. The van der Waals surface area contributed by atoms with Gasteiger partial charge in [-0.25, -0.2) is 14.6 Å². The molecule has 3 heterocycles. The Labute approximate surface area is 114 Å². The Kier molecular flexibility index (Phi) is 3.15. The first-order chi connectivity index (χ1) is 9.83. The maximum absolute atomic E-state index is 11.9. The van der Waals surface area contributed by atoms with Gasteiger partial charge in [0.05, 0.1) is 18.1 Å². The zero-order valence-electron chi connectivity index (χ0n) is 10.3. The second-order valence-electron chi connectivity index (χ2n) is 3.91. The van der Waals surface area contributed by atoms with Gasteiger partial charge in [0.1, 0.15) is 0 Å². The number of hydrogen-bond acceptors (Lipinski definition) is 5. The summed E-state index contributed by atoms with van der Waals surface area (Å²) in [5, 5.41) is 6.73. The predicted octanol–water partition coefficient (Wildman–Crippen LogP) is 1.31. The van der Waals surface area contributed by atoms with Crippen molar-refractivity contribution in [1.29, 1.82) is 0 Å². The highest BCUT2D eigenvalue weighted by atomic mass is 16.1. The summed E-state index contributed by atoms with van der Waals surface area (Å²) in [5.74, 6) is 0.208. The zero-order chi connectivity index (χ0) is 13.8. The molecular formula is C13H10N6O. The SMILES string of the molecule is O=C(Nc1cnc(-n2cccn2)nc1)c1ccncc1. The molecule has 1 N–H and O–H groups in total. The molecule has 0 spiro atoms. The minimum atomic E-state index is -0.233. The Balaban J connectivity index is 1.74. The van der Waals surface area contributed by atoms with Gasteiger partial charge in [0, 0.05) is 30.4 Å². The lowest BCUT2D eigenvalue weighted by atomic mass is 10.2. The van der Waals surface area contributed by atoms with E-state index in [-0.39, 0.29) is 5.91 Å². The molecule has 7 nitrogen and oxygen atoms in total. The monoisotopic (exact) mass is 266 g/mol. The third-order valence-corrected chi connectivity index (χ3v) is 2.55. The number of hydrogen-bond donors (Lipinski definition) is 1. The molecule has 0 aromatic carbocycles. The molecule has 0 saturated heterocycles. The highest BCUT2D eigenvalue weighted by molar-refractivity contribution is 6.03. The molecule has 0 aliphatic rings. The fourth-order valence-corrected chi connectivity index (χ4v) is 1.60. The van der Waals surface area contributed by atoms with Crippen LogP contribution in [0.1, 0.15) is 10.4 Å². The van der Waals surface area contributed by atoms with Crippen molar-refractivity contribution in [2.24, 2.45) is 0 Å². The maximum atomic E-state index is 11.9. The quantitative estimate of drug-likeness (QED) is 0.772. The number of nitrogens with one attached hydrogen (secondary N) is 1. The lowest BCUT2D eigenvalue weighted by molar-refractivity contribution is 0.102. The molecule has 0 bridgehead atoms. The number of nitrogens with zero attached hydrogens (tertiary/aromatic N) is 5. The fraction of sp³-hybridized carbons (Fsp3) is 0. The minimum absolute atomic E-state index is 0.233. The van der Waals surface area contributed by atoms with Crippen LogP contribution in [-0.2, 0) is 0 Å². The van der Waals surface area contributed by atoms with Gasteiger partial charge in [-0.2, -0.15) is 5.10 Å². The van der Waals surface area contributed by atoms with E-state index in [4.69, 9.17) is 0 Å². The normalized spacial score (nSPS) is 10.2. The smallest absolute Gasteiger partial charge is 0.255 e. The van der Waals surface area contributed by atoms with Crippen LogP contribution in [0.4, 0.5) is 5.69 Å². The highest BCUT2D eigenvalue weighted by Crippen LogP contribution is 2.07. The Morgan fingerprint density at radius 3 is 2.50 bits per heavy atom. The van der Waals surface area contributed by atoms with Crippen molar-refractivity contribution in [3.8, 4) is 5.95 Å². The van der Waals surface area contributed by atoms with Crippen molar-refractivity contribution >= 4 is 11.6 Å². The third-order valence-electron chi connectivity index (χ3n) is 2.55. The van der Waals surface area contributed by atoms with Crippen LogP contribution >= 0.6 is 0 Å². The van der Waals surface area contributed by atoms with E-state index in [1.807, 2.05) is 0 Å². The number of amides is 1. The molecule has 0 aliphatic heterocycles. The first-order valence-corrected chi connectivity index (χ1v) is 5.86. The fourth-order valence-electron chi connectivity index (χ4n) is 1.60. The minimum Gasteiger partial charge on any atom is -0.319 e. The van der Waals surface area contributed by atoms with Crippen LogP contribution in [-0.4, -0.2) is 30.6 Å². The van der Waals surface area contributed by atoms with E-state index in [1.165, 1.54) is 17.1 Å². The molecule has 0 fully saturated rings. The average Bonchev–Trinajstić information content (AvgIpc) is 3.03. The first-order valence-electron chi connectivity index (χ1n) is 5.86. The molecule has 0 radical (unpaired) electrons. The van der Waals surface area contributed by atoms with Gasteiger partial charge >= 0.3 is 0 Å². The number of pyridine rings is 1. The zero-order valence-corrected chi connectivity index (χ0v) is 10.3. The largest absolute Gasteiger partial charge is 0.319 e. The summed E-state index contributed by atoms with van der Waals surface area (Å²) in [6, 6.07) is 5.05. The Hall–Kier alpha value is -3.09. The van der Waals surface area contributed by atoms with E-state index in [0.29, 0.717) is 17.2 Å². The van der Waals surface area contributed by atoms with Gasteiger partial charge in [-0.05, 0) is 18.2 Å². The Morgan fingerprint density at radius 1 is 1.10 bits per heavy atom. The van der Waals surface area contributed by atoms with Gasteiger partial charge in [0.15, 0.2) is 0 Å². The summed E-state index contributed by atoms with van der Waals surface area (Å²) < 4.78 is 1.54. The van der Waals surface area contributed by atoms with E-state index in [9.17, 15) is 4.79 Å². The molecule has 3 rings (SSSR count). The molecule has 0 aliphatic carbocycles. The van der Waals surface area contributed by atoms with Crippen LogP contribution in [0.25, 0.3) is 5.95 Å². The Morgan fingerprint density at radius 2 is 1.85 bits per heavy atom. The van der Waals surface area contributed by atoms with Crippen LogP contribution in [0, 0.1) is 0 Å². The van der Waals surface area contributed by atoms with Gasteiger partial charge in [-0.15, -0.1) is 0 Å². The summed E-state index contributed by atoms with van der Waals surface area (Å²) in [6.45, 7) is 0. The van der Waals surface area contributed by atoms with Gasteiger partial charge in [0.25, 0.3) is 11.9 Å². The molecule has 0 unspecified atom stereocenters. The van der Waals surface area contributed by atoms with Crippen LogP contribution < -0.4 is 5.32 Å². The average molecular weight is 266 g/mol. The standard InChI is InChI=1S/C13H10N6O/c20-12(10-2-5-14-6-3-10)18-11-8-15-13(16-9-11)19-7-1-4-17-19/h1-9H,(H,18,20). The van der Waals surface area contributed by atoms with Crippen LogP contribution in [0.5, 0.6) is 0 Å². The highest BCUT2D eigenvalue weighted by Gasteiger charge is 2.06. The molecule has 0 atom stereocenters. The van der Waals surface area contributed by atoms with Crippen molar-refractivity contribution in [3.63, 3.8) is 0 Å². The molecular weight excluding hydrogens is 256 g/mol. The number of aromatic nitrogens is 5. The lowest BCUT2D eigenvalue weighted by Crippen LogP contribution is -2.12. The molecule has 3 aromatic rings. The van der Waals surface area contributed by atoms with Gasteiger partial charge < -0.3 is 5.32 Å². The van der Waals surface area contributed by atoms with Crippen molar-refractivity contribution in [2.75, 3.05) is 5.32 Å². The predicted molar refractivity (Wildman–Crippen MR) is 71.3 cm³/mol. The topological polar surface area (TPSA) is 85.6 Å². The summed E-state index contributed by atoms with van der Waals surface area (Å²) >= 11 is 0. The lowest BCUT2D eigenvalue weighted by Gasteiger charge is -2.05. The van der Waals surface area contributed by atoms with Gasteiger partial charge in [-0.3, -0.25) is 9.78 Å². The number of carbonyl (C=O) groups excluding carboxylic acids is 1. The van der Waals surface area contributed by atoms with E-state index >= 15 is 0 Å². The summed E-state index contributed by atoms with van der Waals surface area (Å²) in [6.07, 6.45) is 9.57. The molecule has 1 amide bonds. The van der Waals surface area contributed by atoms with Crippen LogP contribution in [0.3, 0.4) is 0 Å². The van der Waals surface area contributed by atoms with Gasteiger partial charge in [0.2, 0.25) is 0 Å². The number of rotatable bonds is 3. The van der Waals surface area contributed by atoms with Crippen LogP contribution in [0.15, 0.2) is 55.4 Å². The van der Waals surface area contributed by atoms with E-state index < -0.39 is 0 Å². The molecule has 3 aromatic heterocycles. The molecule has 7 heteroatoms. The second-order valence-corrected chi connectivity index (χ2v) is 3.91. The van der Waals surface area contributed by atoms with Crippen molar-refractivity contribution in [2.45, 2.75) is 0 Å². The van der Waals surface area contributed by atoms with E-state index in [1.54, 1.807) is 43.0 Å². The second kappa shape index (κ2) is 5.27. The molecule has 20 heavy (non-hydrogen) atoms. The summed E-state index contributed by atoms with van der Waals surface area (Å²) in [5.41, 5.74) is 1.04. The maximum Gasteiger partial charge on any atom is 0.255 e. The number of anilines is 1. The van der Waals surface area contributed by atoms with Crippen LogP contribution in [0.2, 0.25) is 0 Å². The molecule has 0 saturated carbocycles.